The van der Waals surface area contributed by atoms with Gasteiger partial charge >= 0.3 is 0 Å². The number of aliphatic hydroxyl groups is 6. The lowest BCUT2D eigenvalue weighted by Crippen LogP contribution is -2.57. The van der Waals surface area contributed by atoms with E-state index in [0.717, 1.165) is 12.1 Å². The van der Waals surface area contributed by atoms with Crippen LogP contribution in [0.3, 0.4) is 0 Å². The van der Waals surface area contributed by atoms with Crippen LogP contribution in [0.5, 0.6) is 17.2 Å². The normalized spacial score (nSPS) is 32.8. The Kier molecular flexibility index (Phi) is 7.71. The monoisotopic (exact) mass is 564 g/mol. The number of ether oxygens (including phenoxy) is 3. The quantitative estimate of drug-likeness (QED) is 0.172. The van der Waals surface area contributed by atoms with Gasteiger partial charge in [-0.25, -0.2) is 0 Å². The van der Waals surface area contributed by atoms with E-state index in [9.17, 15) is 50.8 Å². The summed E-state index contributed by atoms with van der Waals surface area (Å²) >= 11 is 0. The van der Waals surface area contributed by atoms with Crippen LogP contribution >= 0.6 is 0 Å². The van der Waals surface area contributed by atoms with Gasteiger partial charge in [-0.15, -0.1) is 0 Å². The molecule has 14 nitrogen and oxygen atoms in total. The second-order valence-electron chi connectivity index (χ2n) is 9.70. The Bertz CT molecular complexity index is 1420. The van der Waals surface area contributed by atoms with Crippen molar-refractivity contribution in [3.05, 3.63) is 52.2 Å². The molecule has 40 heavy (non-hydrogen) atoms. The van der Waals surface area contributed by atoms with Gasteiger partial charge in [0.2, 0.25) is 0 Å². The molecule has 5 rings (SSSR count). The third-order valence-electron chi connectivity index (χ3n) is 7.03. The Labute approximate surface area is 225 Å². The highest BCUT2D eigenvalue weighted by atomic mass is 16.7. The summed E-state index contributed by atoms with van der Waals surface area (Å²) in [7, 11) is 0. The molecule has 9 N–H and O–H groups in total. The first-order chi connectivity index (χ1) is 19.0. The summed E-state index contributed by atoms with van der Waals surface area (Å²) in [5.74, 6) is -1.35. The number of benzene rings is 2. The molecule has 2 aromatic carbocycles. The topological polar surface area (TPSA) is 240 Å². The maximum atomic E-state index is 13.0. The molecule has 0 amide bonds. The summed E-state index contributed by atoms with van der Waals surface area (Å²) in [5, 5.41) is 92.0. The number of hydrogen-bond acceptors (Lipinski definition) is 14. The average Bonchev–Trinajstić information content (AvgIpc) is 2.91. The molecule has 0 aliphatic carbocycles. The van der Waals surface area contributed by atoms with Gasteiger partial charge in [0.25, 0.3) is 0 Å². The van der Waals surface area contributed by atoms with Gasteiger partial charge < -0.3 is 64.6 Å². The van der Waals surface area contributed by atoms with E-state index in [1.807, 2.05) is 0 Å². The Balaban J connectivity index is 1.51. The minimum Gasteiger partial charge on any atom is -0.508 e. The number of hydrogen-bond donors (Lipinski definition) is 9. The molecule has 3 heterocycles. The van der Waals surface area contributed by atoms with Crippen LogP contribution in [-0.4, -0.2) is 108 Å². The molecule has 0 unspecified atom stereocenters. The molecule has 0 radical (unpaired) electrons. The summed E-state index contributed by atoms with van der Waals surface area (Å²) in [6, 6.07) is 7.54. The van der Waals surface area contributed by atoms with Crippen LogP contribution in [0.15, 0.2) is 45.6 Å². The lowest BCUT2D eigenvalue weighted by Gasteiger charge is -2.42. The first kappa shape index (κ1) is 28.2. The zero-order valence-electron chi connectivity index (χ0n) is 20.6. The molecule has 2 aliphatic rings. The van der Waals surface area contributed by atoms with Crippen molar-refractivity contribution in [1.82, 2.24) is 0 Å². The number of fused-ring (bicyclic) bond motifs is 1. The van der Waals surface area contributed by atoms with Crippen molar-refractivity contribution < 1.29 is 64.6 Å². The van der Waals surface area contributed by atoms with Crippen LogP contribution in [-0.2, 0) is 14.2 Å². The molecular weight excluding hydrogens is 536 g/mol. The summed E-state index contributed by atoms with van der Waals surface area (Å²) in [5.41, 5.74) is -1.04. The maximum Gasteiger partial charge on any atom is 0.197 e. The first-order valence-corrected chi connectivity index (χ1v) is 12.3. The molecule has 216 valence electrons. The Morgan fingerprint density at radius 1 is 0.825 bits per heavy atom. The lowest BCUT2D eigenvalue weighted by molar-refractivity contribution is -0.291. The van der Waals surface area contributed by atoms with E-state index < -0.39 is 78.7 Å². The van der Waals surface area contributed by atoms with Gasteiger partial charge in [0, 0.05) is 17.7 Å². The molecular formula is C26H28O14. The van der Waals surface area contributed by atoms with Crippen molar-refractivity contribution in [2.75, 3.05) is 13.2 Å². The summed E-state index contributed by atoms with van der Waals surface area (Å²) in [4.78, 5) is 13.0. The van der Waals surface area contributed by atoms with Crippen molar-refractivity contribution in [3.63, 3.8) is 0 Å². The summed E-state index contributed by atoms with van der Waals surface area (Å²) < 4.78 is 22.3. The number of aromatic hydroxyl groups is 3. The molecule has 14 heteroatoms. The number of rotatable bonds is 5. The molecule has 0 bridgehead atoms. The van der Waals surface area contributed by atoms with Crippen molar-refractivity contribution >= 4 is 11.0 Å². The SMILES string of the molecule is O=c1cc(-c2ccc(O)cc2)oc2c([C@@H]3O[C@H](CO[C@@H]4OC[C@@H](O)[C@H](O)[C@H]4O)[C@@H](O)[C@H](O)[C@H]3O)c(O)cc(O)c12. The zero-order valence-corrected chi connectivity index (χ0v) is 20.6. The van der Waals surface area contributed by atoms with Crippen LogP contribution in [0.1, 0.15) is 11.7 Å². The second-order valence-corrected chi connectivity index (χ2v) is 9.70. The van der Waals surface area contributed by atoms with Gasteiger partial charge in [0.05, 0.1) is 18.8 Å². The molecule has 9 atom stereocenters. The second kappa shape index (κ2) is 10.9. The maximum absolute atomic E-state index is 13.0. The molecule has 0 saturated carbocycles. The predicted octanol–water partition coefficient (Wildman–Crippen LogP) is -1.44. The smallest absolute Gasteiger partial charge is 0.197 e. The third kappa shape index (κ3) is 5.01. The van der Waals surface area contributed by atoms with E-state index in [0.29, 0.717) is 5.56 Å². The molecule has 0 spiro atoms. The largest absolute Gasteiger partial charge is 0.508 e. The van der Waals surface area contributed by atoms with E-state index in [-0.39, 0.29) is 34.6 Å². The minimum absolute atomic E-state index is 0.0151. The molecule has 2 saturated heterocycles. The summed E-state index contributed by atoms with van der Waals surface area (Å²) in [6.07, 6.45) is -14.5. The fraction of sp³-hybridized carbons (Fsp3) is 0.423. The predicted molar refractivity (Wildman–Crippen MR) is 132 cm³/mol. The van der Waals surface area contributed by atoms with Gasteiger partial charge in [-0.2, -0.15) is 0 Å². The third-order valence-corrected chi connectivity index (χ3v) is 7.03. The first-order valence-electron chi connectivity index (χ1n) is 12.3. The Morgan fingerprint density at radius 3 is 2.23 bits per heavy atom. The number of phenolic OH excluding ortho intramolecular Hbond substituents is 3. The van der Waals surface area contributed by atoms with Gasteiger partial charge in [0.15, 0.2) is 17.3 Å². The van der Waals surface area contributed by atoms with Gasteiger partial charge in [-0.05, 0) is 24.3 Å². The fourth-order valence-electron chi connectivity index (χ4n) is 4.81. The fourth-order valence-corrected chi connectivity index (χ4v) is 4.81. The van der Waals surface area contributed by atoms with Crippen molar-refractivity contribution in [3.8, 4) is 28.6 Å². The van der Waals surface area contributed by atoms with Crippen LogP contribution in [0.4, 0.5) is 0 Å². The van der Waals surface area contributed by atoms with Crippen LogP contribution in [0.25, 0.3) is 22.3 Å². The number of phenols is 3. The highest BCUT2D eigenvalue weighted by molar-refractivity contribution is 5.89. The van der Waals surface area contributed by atoms with Crippen molar-refractivity contribution in [1.29, 1.82) is 0 Å². The standard InChI is InChI=1S/C26H28O14/c27-10-3-1-9(2-4-10)15-6-13(30)17-11(28)5-12(29)18(24(17)39-15)25-22(35)21(34)20(33)16(40-25)8-38-26-23(36)19(32)14(31)7-37-26/h1-6,14,16,19-23,25-29,31-36H,7-8H2/t14-,16-,19+,20-,21+,22-,23-,25+,26+/m1/s1. The number of aliphatic hydroxyl groups excluding tert-OH is 6. The van der Waals surface area contributed by atoms with Gasteiger partial charge in [0.1, 0.15) is 77.2 Å². The van der Waals surface area contributed by atoms with Crippen LogP contribution in [0.2, 0.25) is 0 Å². The zero-order chi connectivity index (χ0) is 28.9. The molecule has 3 aromatic rings. The van der Waals surface area contributed by atoms with Crippen LogP contribution < -0.4 is 5.43 Å². The molecule has 2 fully saturated rings. The lowest BCUT2D eigenvalue weighted by atomic mass is 9.89. The van der Waals surface area contributed by atoms with Gasteiger partial charge in [-0.3, -0.25) is 4.79 Å². The average molecular weight is 564 g/mol. The minimum atomic E-state index is -1.86. The Hall–Kier alpha value is -3.31. The Morgan fingerprint density at radius 2 is 1.52 bits per heavy atom. The van der Waals surface area contributed by atoms with Crippen molar-refractivity contribution in [2.24, 2.45) is 0 Å². The molecule has 1 aromatic heterocycles. The van der Waals surface area contributed by atoms with E-state index in [1.165, 1.54) is 24.3 Å². The van der Waals surface area contributed by atoms with E-state index in [2.05, 4.69) is 0 Å². The highest BCUT2D eigenvalue weighted by Crippen LogP contribution is 2.44. The van der Waals surface area contributed by atoms with E-state index in [1.54, 1.807) is 0 Å². The van der Waals surface area contributed by atoms with Gasteiger partial charge in [-0.1, -0.05) is 0 Å². The van der Waals surface area contributed by atoms with E-state index >= 15 is 0 Å². The summed E-state index contributed by atoms with van der Waals surface area (Å²) in [6.45, 7) is -0.901. The molecule has 2 aliphatic heterocycles. The van der Waals surface area contributed by atoms with E-state index in [4.69, 9.17) is 18.6 Å². The highest BCUT2D eigenvalue weighted by Gasteiger charge is 2.47. The van der Waals surface area contributed by atoms with Crippen LogP contribution in [0, 0.1) is 0 Å². The van der Waals surface area contributed by atoms with Crippen molar-refractivity contribution in [2.45, 2.75) is 55.1 Å².